The number of hydrogen-bond acceptors (Lipinski definition) is 6. The lowest BCUT2D eigenvalue weighted by Crippen LogP contribution is -2.34. The summed E-state index contributed by atoms with van der Waals surface area (Å²) >= 11 is 1.72. The van der Waals surface area contributed by atoms with E-state index in [2.05, 4.69) is 63.6 Å². The molecule has 5 rings (SSSR count). The maximum absolute atomic E-state index is 12.8. The number of nitrogens with one attached hydrogen (secondary N) is 1. The Morgan fingerprint density at radius 3 is 2.49 bits per heavy atom. The first kappa shape index (κ1) is 27.0. The fourth-order valence-corrected chi connectivity index (χ4v) is 5.35. The average Bonchev–Trinajstić information content (AvgIpc) is 3.44. The maximum Gasteiger partial charge on any atom is 0.416 e. The topological polar surface area (TPSA) is 55.6 Å². The fraction of sp³-hybridized carbons (Fsp3) is 0.276. The lowest BCUT2D eigenvalue weighted by atomic mass is 10.0. The van der Waals surface area contributed by atoms with E-state index in [1.807, 2.05) is 24.3 Å². The summed E-state index contributed by atoms with van der Waals surface area (Å²) in [5.41, 5.74) is 7.38. The van der Waals surface area contributed by atoms with Crippen LogP contribution in [0.25, 0.3) is 0 Å². The van der Waals surface area contributed by atoms with Crippen molar-refractivity contribution < 1.29 is 13.2 Å². The molecule has 39 heavy (non-hydrogen) atoms. The number of amidine groups is 1. The number of thioether (sulfide) groups is 1. The molecule has 0 amide bonds. The predicted molar refractivity (Wildman–Crippen MR) is 155 cm³/mol. The number of benzene rings is 3. The molecule has 10 heteroatoms. The Balaban J connectivity index is 1.23. The zero-order valence-electron chi connectivity index (χ0n) is 21.6. The summed E-state index contributed by atoms with van der Waals surface area (Å²) < 4.78 is 38.5. The van der Waals surface area contributed by atoms with Gasteiger partial charge in [-0.1, -0.05) is 68.1 Å². The molecule has 0 radical (unpaired) electrons. The molecule has 0 aromatic heterocycles. The summed E-state index contributed by atoms with van der Waals surface area (Å²) in [6, 6.07) is 21.2. The molecular weight excluding hydrogens is 521 g/mol. The van der Waals surface area contributed by atoms with Gasteiger partial charge in [0.05, 0.1) is 17.5 Å². The highest BCUT2D eigenvalue weighted by Gasteiger charge is 2.30. The van der Waals surface area contributed by atoms with Gasteiger partial charge in [0.2, 0.25) is 0 Å². The third kappa shape index (κ3) is 6.34. The van der Waals surface area contributed by atoms with E-state index in [-0.39, 0.29) is 6.17 Å². The Bertz CT molecular complexity index is 1370. The molecule has 0 bridgehead atoms. The Morgan fingerprint density at radius 2 is 1.77 bits per heavy atom. The van der Waals surface area contributed by atoms with E-state index in [1.165, 1.54) is 23.4 Å². The lowest BCUT2D eigenvalue weighted by Gasteiger charge is -2.31. The molecule has 2 aliphatic heterocycles. The molecule has 1 atom stereocenters. The van der Waals surface area contributed by atoms with Gasteiger partial charge in [0.15, 0.2) is 5.17 Å². The second kappa shape index (κ2) is 11.6. The van der Waals surface area contributed by atoms with E-state index in [0.29, 0.717) is 11.6 Å². The van der Waals surface area contributed by atoms with Gasteiger partial charge in [-0.15, -0.1) is 5.10 Å². The van der Waals surface area contributed by atoms with Crippen LogP contribution >= 0.6 is 11.8 Å². The van der Waals surface area contributed by atoms with Gasteiger partial charge in [-0.05, 0) is 59.4 Å². The van der Waals surface area contributed by atoms with Crippen LogP contribution in [0.4, 0.5) is 24.5 Å². The molecule has 2 aliphatic rings. The monoisotopic (exact) mass is 550 g/mol. The smallest absolute Gasteiger partial charge is 0.319 e. The Hall–Kier alpha value is -3.63. The maximum atomic E-state index is 12.8. The molecule has 1 fully saturated rings. The first-order chi connectivity index (χ1) is 18.8. The third-order valence-electron chi connectivity index (χ3n) is 6.51. The molecule has 6 nitrogen and oxygen atoms in total. The molecular formula is C29H29F3N6S. The number of halogens is 3. The Labute approximate surface area is 230 Å². The first-order valence-electron chi connectivity index (χ1n) is 12.8. The van der Waals surface area contributed by atoms with Crippen molar-refractivity contribution in [3.63, 3.8) is 0 Å². The van der Waals surface area contributed by atoms with Crippen molar-refractivity contribution in [3.05, 3.63) is 95.1 Å². The van der Waals surface area contributed by atoms with Gasteiger partial charge in [0.1, 0.15) is 12.5 Å². The van der Waals surface area contributed by atoms with Crippen LogP contribution in [0.2, 0.25) is 0 Å². The number of hydrogen-bond donors (Lipinski definition) is 1. The van der Waals surface area contributed by atoms with Crippen molar-refractivity contribution in [2.45, 2.75) is 38.5 Å². The first-order valence-corrected chi connectivity index (χ1v) is 13.7. The molecule has 202 valence electrons. The minimum absolute atomic E-state index is 0.341. The SMILES string of the molecule is CC(C)c1ccccc1N1CCCS/C1=N\N=C\c1ccc(C2N=CN(c3ccc(C(F)(F)F)cc3)N2)cc1. The minimum Gasteiger partial charge on any atom is -0.319 e. The van der Waals surface area contributed by atoms with Crippen LogP contribution in [-0.2, 0) is 6.18 Å². The highest BCUT2D eigenvalue weighted by atomic mass is 32.2. The van der Waals surface area contributed by atoms with Crippen LogP contribution < -0.4 is 15.3 Å². The van der Waals surface area contributed by atoms with Crippen molar-refractivity contribution >= 4 is 40.9 Å². The molecule has 0 spiro atoms. The minimum atomic E-state index is -4.36. The molecule has 3 aromatic rings. The van der Waals surface area contributed by atoms with E-state index in [0.717, 1.165) is 47.1 Å². The number of para-hydroxylation sites is 1. The number of alkyl halides is 3. The van der Waals surface area contributed by atoms with E-state index in [9.17, 15) is 13.2 Å². The van der Waals surface area contributed by atoms with E-state index in [1.54, 1.807) is 29.3 Å². The zero-order valence-corrected chi connectivity index (χ0v) is 22.5. The van der Waals surface area contributed by atoms with E-state index >= 15 is 0 Å². The van der Waals surface area contributed by atoms with Gasteiger partial charge in [-0.3, -0.25) is 5.01 Å². The zero-order chi connectivity index (χ0) is 27.4. The standard InChI is InChI=1S/C29H29F3N6S/c1-20(2)25-6-3-4-7-26(25)37-16-5-17-39-28(37)35-34-18-21-8-10-22(11-9-21)27-33-19-38(36-27)24-14-12-23(13-15-24)29(30,31)32/h3-4,6-15,18-20,27,36H,5,16-17H2,1-2H3/b34-18+,35-28-. The molecule has 1 N–H and O–H groups in total. The molecule has 0 saturated carbocycles. The summed E-state index contributed by atoms with van der Waals surface area (Å²) in [6.45, 7) is 5.32. The summed E-state index contributed by atoms with van der Waals surface area (Å²) in [7, 11) is 0. The molecule has 2 heterocycles. The summed E-state index contributed by atoms with van der Waals surface area (Å²) in [6.07, 6.45) is -0.303. The highest BCUT2D eigenvalue weighted by molar-refractivity contribution is 8.14. The number of aliphatic imine (C=N–C) groups is 1. The summed E-state index contributed by atoms with van der Waals surface area (Å²) in [4.78, 5) is 6.71. The van der Waals surface area contributed by atoms with Crippen LogP contribution in [0, 0.1) is 0 Å². The fourth-order valence-electron chi connectivity index (χ4n) is 4.44. The van der Waals surface area contributed by atoms with Gasteiger partial charge in [-0.2, -0.15) is 23.7 Å². The number of hydrazine groups is 1. The van der Waals surface area contributed by atoms with Gasteiger partial charge in [-0.25, -0.2) is 4.99 Å². The van der Waals surface area contributed by atoms with Crippen LogP contribution in [0.15, 0.2) is 88.0 Å². The van der Waals surface area contributed by atoms with Crippen LogP contribution in [0.5, 0.6) is 0 Å². The molecule has 1 unspecified atom stereocenters. The summed E-state index contributed by atoms with van der Waals surface area (Å²) in [5.74, 6) is 1.43. The van der Waals surface area contributed by atoms with Gasteiger partial charge in [0.25, 0.3) is 0 Å². The Kier molecular flexibility index (Phi) is 8.04. The molecule has 3 aromatic carbocycles. The molecule has 0 aliphatic carbocycles. The number of anilines is 2. The van der Waals surface area contributed by atoms with Gasteiger partial charge >= 0.3 is 6.18 Å². The number of nitrogens with zero attached hydrogens (tertiary/aromatic N) is 5. The highest BCUT2D eigenvalue weighted by Crippen LogP contribution is 2.33. The van der Waals surface area contributed by atoms with Crippen LogP contribution in [0.3, 0.4) is 0 Å². The van der Waals surface area contributed by atoms with Crippen LogP contribution in [0.1, 0.15) is 54.6 Å². The van der Waals surface area contributed by atoms with Crippen molar-refractivity contribution in [1.29, 1.82) is 0 Å². The normalized spacial score (nSPS) is 19.1. The van der Waals surface area contributed by atoms with Crippen molar-refractivity contribution in [2.24, 2.45) is 15.2 Å². The summed E-state index contributed by atoms with van der Waals surface area (Å²) in [5, 5.41) is 11.5. The Morgan fingerprint density at radius 1 is 1.03 bits per heavy atom. The predicted octanol–water partition coefficient (Wildman–Crippen LogP) is 7.21. The van der Waals surface area contributed by atoms with Crippen molar-refractivity contribution in [1.82, 2.24) is 5.43 Å². The van der Waals surface area contributed by atoms with E-state index in [4.69, 9.17) is 0 Å². The third-order valence-corrected chi connectivity index (χ3v) is 7.56. The van der Waals surface area contributed by atoms with Crippen molar-refractivity contribution in [2.75, 3.05) is 22.2 Å². The van der Waals surface area contributed by atoms with Gasteiger partial charge in [0, 0.05) is 18.0 Å². The second-order valence-corrected chi connectivity index (χ2v) is 10.6. The lowest BCUT2D eigenvalue weighted by molar-refractivity contribution is -0.137. The quantitative estimate of drug-likeness (QED) is 0.260. The van der Waals surface area contributed by atoms with Gasteiger partial charge < -0.3 is 4.90 Å². The largest absolute Gasteiger partial charge is 0.416 e. The second-order valence-electron chi connectivity index (χ2n) is 9.57. The number of rotatable bonds is 6. The van der Waals surface area contributed by atoms with Crippen molar-refractivity contribution in [3.8, 4) is 0 Å². The molecule has 1 saturated heterocycles. The van der Waals surface area contributed by atoms with E-state index < -0.39 is 11.7 Å². The average molecular weight is 551 g/mol. The van der Waals surface area contributed by atoms with Crippen LogP contribution in [-0.4, -0.2) is 30.0 Å².